The van der Waals surface area contributed by atoms with E-state index in [1.54, 1.807) is 0 Å². The second-order valence-corrected chi connectivity index (χ2v) is 4.43. The topological polar surface area (TPSA) is 29.5 Å². The van der Waals surface area contributed by atoms with Crippen molar-refractivity contribution < 1.29 is 9.63 Å². The number of hydrogen-bond acceptors (Lipinski definition) is 2. The summed E-state index contributed by atoms with van der Waals surface area (Å²) in [4.78, 5) is 0. The molecule has 0 amide bonds. The Morgan fingerprint density at radius 3 is 2.93 bits per heavy atom. The van der Waals surface area contributed by atoms with Crippen molar-refractivity contribution in [2.75, 3.05) is 6.61 Å². The molecule has 86 valence electrons. The van der Waals surface area contributed by atoms with Gasteiger partial charge in [-0.15, -0.1) is 0 Å². The van der Waals surface area contributed by atoms with E-state index in [9.17, 15) is 0 Å². The zero-order chi connectivity index (χ0) is 11.1. The molecule has 1 N–H and O–H groups in total. The Balaban J connectivity index is 2.05. The summed E-state index contributed by atoms with van der Waals surface area (Å²) in [6, 6.07) is 0. The van der Waals surface area contributed by atoms with Gasteiger partial charge in [0, 0.05) is 16.1 Å². The van der Waals surface area contributed by atoms with Crippen LogP contribution in [0.1, 0.15) is 26.2 Å². The van der Waals surface area contributed by atoms with Crippen molar-refractivity contribution >= 4 is 9.47 Å². The minimum absolute atomic E-state index is 0.155. The molecule has 2 nitrogen and oxygen atoms in total. The van der Waals surface area contributed by atoms with Crippen molar-refractivity contribution in [1.82, 2.24) is 0 Å². The molecule has 1 saturated carbocycles. The largest absolute Gasteiger partial charge is 0.396 e. The normalized spacial score (nSPS) is 27.7. The van der Waals surface area contributed by atoms with Gasteiger partial charge in [0.1, 0.15) is 0 Å². The van der Waals surface area contributed by atoms with Crippen LogP contribution in [-0.2, 0) is 4.52 Å². The van der Waals surface area contributed by atoms with Crippen molar-refractivity contribution in [3.05, 3.63) is 24.3 Å². The van der Waals surface area contributed by atoms with Crippen molar-refractivity contribution in [1.29, 1.82) is 0 Å². The molecule has 0 bridgehead atoms. The quantitative estimate of drug-likeness (QED) is 0.536. The van der Waals surface area contributed by atoms with Crippen LogP contribution in [0.15, 0.2) is 24.3 Å². The fraction of sp³-hybridized carbons (Fsp3) is 0.667. The smallest absolute Gasteiger partial charge is 0.0766 e. The maximum Gasteiger partial charge on any atom is 0.0766 e. The zero-order valence-corrected chi connectivity index (χ0v) is 10.5. The van der Waals surface area contributed by atoms with E-state index < -0.39 is 0 Å². The number of rotatable bonds is 7. The van der Waals surface area contributed by atoms with Gasteiger partial charge in [0.15, 0.2) is 0 Å². The van der Waals surface area contributed by atoms with E-state index in [1.807, 2.05) is 19.1 Å². The molecule has 4 atom stereocenters. The third kappa shape index (κ3) is 5.46. The van der Waals surface area contributed by atoms with E-state index in [4.69, 9.17) is 9.63 Å². The standard InChI is InChI=1S/C12H21O2P/c1-10(14-15)5-3-2-4-6-11-9-12(11)7-8-13/h2-5,10-13H,6-9,15H2,1H3/b4-2-,5-3+/t10?,11-,12-/m1/s1. The summed E-state index contributed by atoms with van der Waals surface area (Å²) in [5.41, 5.74) is 0. The Morgan fingerprint density at radius 2 is 2.27 bits per heavy atom. The van der Waals surface area contributed by atoms with Crippen molar-refractivity contribution in [2.24, 2.45) is 11.8 Å². The van der Waals surface area contributed by atoms with Gasteiger partial charge in [0.05, 0.1) is 6.10 Å². The lowest BCUT2D eigenvalue weighted by Crippen LogP contribution is -1.93. The first-order valence-electron chi connectivity index (χ1n) is 5.57. The van der Waals surface area contributed by atoms with E-state index in [2.05, 4.69) is 21.6 Å². The number of aliphatic hydroxyl groups is 1. The van der Waals surface area contributed by atoms with Crippen molar-refractivity contribution in [3.8, 4) is 0 Å². The molecule has 2 unspecified atom stereocenters. The first-order chi connectivity index (χ1) is 7.27. The van der Waals surface area contributed by atoms with Crippen LogP contribution in [0.3, 0.4) is 0 Å². The third-order valence-corrected chi connectivity index (χ3v) is 3.28. The molecule has 1 fully saturated rings. The Labute approximate surface area is 94.7 Å². The molecule has 0 aromatic rings. The van der Waals surface area contributed by atoms with Gasteiger partial charge in [-0.3, -0.25) is 0 Å². The lowest BCUT2D eigenvalue weighted by Gasteiger charge is -1.99. The predicted octanol–water partition coefficient (Wildman–Crippen LogP) is 2.70. The van der Waals surface area contributed by atoms with Crippen LogP contribution < -0.4 is 0 Å². The summed E-state index contributed by atoms with van der Waals surface area (Å²) in [7, 11) is 2.26. The summed E-state index contributed by atoms with van der Waals surface area (Å²) >= 11 is 0. The number of allylic oxidation sites excluding steroid dienone is 3. The van der Waals surface area contributed by atoms with Crippen molar-refractivity contribution in [3.63, 3.8) is 0 Å². The van der Waals surface area contributed by atoms with Crippen LogP contribution in [0.25, 0.3) is 0 Å². The molecule has 3 heteroatoms. The number of hydrogen-bond donors (Lipinski definition) is 1. The summed E-state index contributed by atoms with van der Waals surface area (Å²) in [6.07, 6.45) is 11.9. The molecule has 15 heavy (non-hydrogen) atoms. The molecule has 0 aliphatic heterocycles. The average Bonchev–Trinajstić information content (AvgIpc) is 2.96. The monoisotopic (exact) mass is 228 g/mol. The third-order valence-electron chi connectivity index (χ3n) is 2.85. The van der Waals surface area contributed by atoms with Crippen molar-refractivity contribution in [2.45, 2.75) is 32.3 Å². The van der Waals surface area contributed by atoms with Gasteiger partial charge in [-0.1, -0.05) is 24.3 Å². The summed E-state index contributed by atoms with van der Waals surface area (Å²) < 4.78 is 5.01. The summed E-state index contributed by atoms with van der Waals surface area (Å²) in [6.45, 7) is 2.34. The minimum atomic E-state index is 0.155. The summed E-state index contributed by atoms with van der Waals surface area (Å²) in [5, 5.41) is 8.75. The molecule has 0 aromatic heterocycles. The molecule has 0 aromatic carbocycles. The first kappa shape index (κ1) is 12.9. The molecule has 0 heterocycles. The highest BCUT2D eigenvalue weighted by Crippen LogP contribution is 2.43. The molecule has 1 rings (SSSR count). The van der Waals surface area contributed by atoms with Crippen LogP contribution >= 0.6 is 9.47 Å². The molecular weight excluding hydrogens is 207 g/mol. The molecule has 1 aliphatic carbocycles. The number of aliphatic hydroxyl groups excluding tert-OH is 1. The van der Waals surface area contributed by atoms with Crippen LogP contribution in [0.2, 0.25) is 0 Å². The van der Waals surface area contributed by atoms with Crippen LogP contribution in [-0.4, -0.2) is 17.8 Å². The SMILES string of the molecule is CC(/C=C/C=C\C[C@@H]1C[C@H]1CCO)OP. The zero-order valence-electron chi connectivity index (χ0n) is 9.30. The Bertz CT molecular complexity index is 226. The van der Waals surface area contributed by atoms with Gasteiger partial charge < -0.3 is 9.63 Å². The van der Waals surface area contributed by atoms with E-state index in [1.165, 1.54) is 6.42 Å². The van der Waals surface area contributed by atoms with Crippen LogP contribution in [0, 0.1) is 11.8 Å². The van der Waals surface area contributed by atoms with E-state index >= 15 is 0 Å². The van der Waals surface area contributed by atoms with Gasteiger partial charge in [-0.2, -0.15) is 0 Å². The van der Waals surface area contributed by atoms with Gasteiger partial charge in [-0.25, -0.2) is 0 Å². The molecule has 0 radical (unpaired) electrons. The highest BCUT2D eigenvalue weighted by Gasteiger charge is 2.34. The van der Waals surface area contributed by atoms with Gasteiger partial charge >= 0.3 is 0 Å². The second kappa shape index (κ2) is 7.16. The average molecular weight is 228 g/mol. The molecule has 1 aliphatic rings. The Hall–Kier alpha value is -0.170. The molecular formula is C12H21O2P. The fourth-order valence-electron chi connectivity index (χ4n) is 1.72. The van der Waals surface area contributed by atoms with Crippen LogP contribution in [0.5, 0.6) is 0 Å². The van der Waals surface area contributed by atoms with Gasteiger partial charge in [0.2, 0.25) is 0 Å². The maximum atomic E-state index is 8.75. The minimum Gasteiger partial charge on any atom is -0.396 e. The lowest BCUT2D eigenvalue weighted by atomic mass is 10.2. The maximum absolute atomic E-state index is 8.75. The van der Waals surface area contributed by atoms with Gasteiger partial charge in [0.25, 0.3) is 0 Å². The second-order valence-electron chi connectivity index (χ2n) is 4.16. The van der Waals surface area contributed by atoms with E-state index in [0.717, 1.165) is 24.7 Å². The predicted molar refractivity (Wildman–Crippen MR) is 66.5 cm³/mol. The highest BCUT2D eigenvalue weighted by atomic mass is 31.0. The Kier molecular flexibility index (Phi) is 6.16. The van der Waals surface area contributed by atoms with E-state index in [0.29, 0.717) is 6.61 Å². The molecule has 0 spiro atoms. The Morgan fingerprint density at radius 1 is 1.47 bits per heavy atom. The lowest BCUT2D eigenvalue weighted by molar-refractivity contribution is 0.277. The highest BCUT2D eigenvalue weighted by molar-refractivity contribution is 7.09. The van der Waals surface area contributed by atoms with E-state index in [-0.39, 0.29) is 6.10 Å². The van der Waals surface area contributed by atoms with Gasteiger partial charge in [-0.05, 0) is 38.0 Å². The first-order valence-corrected chi connectivity index (χ1v) is 6.04. The summed E-state index contributed by atoms with van der Waals surface area (Å²) in [5.74, 6) is 1.59. The van der Waals surface area contributed by atoms with Crippen LogP contribution in [0.4, 0.5) is 0 Å². The fourth-order valence-corrected chi connectivity index (χ4v) is 1.81. The molecule has 0 saturated heterocycles.